The van der Waals surface area contributed by atoms with Crippen LogP contribution in [0, 0.1) is 6.92 Å². The third kappa shape index (κ3) is 5.75. The number of rotatable bonds is 6. The Bertz CT molecular complexity index is 1160. The van der Waals surface area contributed by atoms with Crippen LogP contribution in [0.2, 0.25) is 10.0 Å². The van der Waals surface area contributed by atoms with Gasteiger partial charge in [0.2, 0.25) is 10.0 Å². The molecular formula is C22H20Cl2N2O3S. The maximum absolute atomic E-state index is 12.5. The fourth-order valence-electron chi connectivity index (χ4n) is 2.94. The van der Waals surface area contributed by atoms with Crippen LogP contribution < -0.4 is 9.62 Å². The third-order valence-corrected chi connectivity index (χ3v) is 5.93. The summed E-state index contributed by atoms with van der Waals surface area (Å²) in [5.41, 5.74) is 3.23. The van der Waals surface area contributed by atoms with Crippen molar-refractivity contribution in [3.05, 3.63) is 93.5 Å². The second-order valence-corrected chi connectivity index (χ2v) is 9.70. The van der Waals surface area contributed by atoms with Crippen LogP contribution in [0.15, 0.2) is 66.7 Å². The Morgan fingerprint density at radius 2 is 1.60 bits per heavy atom. The van der Waals surface area contributed by atoms with Crippen LogP contribution in [-0.4, -0.2) is 20.6 Å². The molecule has 1 amide bonds. The summed E-state index contributed by atoms with van der Waals surface area (Å²) < 4.78 is 26.0. The number of anilines is 2. The molecule has 0 aromatic heterocycles. The summed E-state index contributed by atoms with van der Waals surface area (Å²) in [7, 11) is -3.48. The Morgan fingerprint density at radius 3 is 2.17 bits per heavy atom. The summed E-state index contributed by atoms with van der Waals surface area (Å²) in [6.07, 6.45) is 1.17. The number of halogens is 2. The zero-order valence-electron chi connectivity index (χ0n) is 16.4. The van der Waals surface area contributed by atoms with Crippen LogP contribution >= 0.6 is 23.2 Å². The van der Waals surface area contributed by atoms with Crippen molar-refractivity contribution >= 4 is 50.5 Å². The van der Waals surface area contributed by atoms with E-state index in [1.54, 1.807) is 48.5 Å². The van der Waals surface area contributed by atoms with E-state index in [1.165, 1.54) is 10.6 Å². The van der Waals surface area contributed by atoms with Crippen molar-refractivity contribution in [1.82, 2.24) is 0 Å². The first-order valence-electron chi connectivity index (χ1n) is 9.02. The average Bonchev–Trinajstić information content (AvgIpc) is 2.64. The standard InChI is InChI=1S/C22H20Cl2N2O3S/c1-15-4-3-5-21(10-15)26(30(2,28)29)14-16-6-8-17(9-7-16)22(27)25-20-12-18(23)11-19(24)13-20/h3-13H,14H2,1-2H3,(H,25,27). The van der Waals surface area contributed by atoms with Gasteiger partial charge in [-0.2, -0.15) is 0 Å². The number of aryl methyl sites for hydroxylation is 1. The molecule has 8 heteroatoms. The van der Waals surface area contributed by atoms with Crippen molar-refractivity contribution in [2.45, 2.75) is 13.5 Å². The summed E-state index contributed by atoms with van der Waals surface area (Å²) in [5, 5.41) is 3.59. The van der Waals surface area contributed by atoms with Crippen molar-refractivity contribution in [1.29, 1.82) is 0 Å². The molecule has 3 aromatic rings. The van der Waals surface area contributed by atoms with Crippen LogP contribution in [0.5, 0.6) is 0 Å². The Kier molecular flexibility index (Phi) is 6.71. The molecule has 0 fully saturated rings. The molecule has 0 aliphatic carbocycles. The van der Waals surface area contributed by atoms with Crippen molar-refractivity contribution in [2.24, 2.45) is 0 Å². The van der Waals surface area contributed by atoms with Gasteiger partial charge in [-0.25, -0.2) is 8.42 Å². The van der Waals surface area contributed by atoms with Crippen LogP contribution in [-0.2, 0) is 16.6 Å². The zero-order chi connectivity index (χ0) is 21.9. The molecule has 0 radical (unpaired) electrons. The molecule has 0 aliphatic rings. The number of benzene rings is 3. The smallest absolute Gasteiger partial charge is 0.255 e. The number of hydrogen-bond acceptors (Lipinski definition) is 3. The molecule has 0 atom stereocenters. The highest BCUT2D eigenvalue weighted by Gasteiger charge is 2.18. The van der Waals surface area contributed by atoms with Crippen LogP contribution in [0.25, 0.3) is 0 Å². The fourth-order valence-corrected chi connectivity index (χ4v) is 4.35. The Balaban J connectivity index is 1.77. The fraction of sp³-hybridized carbons (Fsp3) is 0.136. The van der Waals surface area contributed by atoms with Gasteiger partial charge in [-0.1, -0.05) is 47.5 Å². The molecule has 3 aromatic carbocycles. The van der Waals surface area contributed by atoms with Gasteiger partial charge in [-0.05, 0) is 60.5 Å². The second kappa shape index (κ2) is 9.08. The van der Waals surface area contributed by atoms with Gasteiger partial charge in [0.05, 0.1) is 18.5 Å². The molecule has 3 rings (SSSR count). The maximum Gasteiger partial charge on any atom is 0.255 e. The van der Waals surface area contributed by atoms with Crippen LogP contribution in [0.1, 0.15) is 21.5 Å². The number of amides is 1. The Hall–Kier alpha value is -2.54. The quantitative estimate of drug-likeness (QED) is 0.524. The monoisotopic (exact) mass is 462 g/mol. The van der Waals surface area contributed by atoms with Gasteiger partial charge in [-0.3, -0.25) is 9.10 Å². The molecule has 0 saturated carbocycles. The van der Waals surface area contributed by atoms with Crippen molar-refractivity contribution in [3.63, 3.8) is 0 Å². The van der Waals surface area contributed by atoms with Gasteiger partial charge in [0, 0.05) is 21.3 Å². The van der Waals surface area contributed by atoms with E-state index in [9.17, 15) is 13.2 Å². The Morgan fingerprint density at radius 1 is 0.967 bits per heavy atom. The van der Waals surface area contributed by atoms with E-state index in [2.05, 4.69) is 5.32 Å². The summed E-state index contributed by atoms with van der Waals surface area (Å²) in [5.74, 6) is -0.321. The SMILES string of the molecule is Cc1cccc(N(Cc2ccc(C(=O)Nc3cc(Cl)cc(Cl)c3)cc2)S(C)(=O)=O)c1. The number of sulfonamides is 1. The molecular weight excluding hydrogens is 443 g/mol. The first kappa shape index (κ1) is 22.2. The van der Waals surface area contributed by atoms with Crippen molar-refractivity contribution in [3.8, 4) is 0 Å². The van der Waals surface area contributed by atoms with Crippen LogP contribution in [0.3, 0.4) is 0 Å². The predicted octanol–water partition coefficient (Wildman–Crippen LogP) is 5.52. The largest absolute Gasteiger partial charge is 0.322 e. The van der Waals surface area contributed by atoms with E-state index in [0.717, 1.165) is 11.1 Å². The first-order chi connectivity index (χ1) is 14.1. The van der Waals surface area contributed by atoms with E-state index in [4.69, 9.17) is 23.2 Å². The van der Waals surface area contributed by atoms with Gasteiger partial charge in [-0.15, -0.1) is 0 Å². The highest BCUT2D eigenvalue weighted by atomic mass is 35.5. The van der Waals surface area contributed by atoms with Crippen molar-refractivity contribution < 1.29 is 13.2 Å². The minimum atomic E-state index is -3.48. The molecule has 30 heavy (non-hydrogen) atoms. The van der Waals surface area contributed by atoms with Gasteiger partial charge in [0.25, 0.3) is 5.91 Å². The highest BCUT2D eigenvalue weighted by molar-refractivity contribution is 7.92. The lowest BCUT2D eigenvalue weighted by molar-refractivity contribution is 0.102. The molecule has 5 nitrogen and oxygen atoms in total. The zero-order valence-corrected chi connectivity index (χ0v) is 18.7. The normalized spacial score (nSPS) is 11.2. The number of nitrogens with zero attached hydrogens (tertiary/aromatic N) is 1. The van der Waals surface area contributed by atoms with E-state index >= 15 is 0 Å². The molecule has 0 heterocycles. The first-order valence-corrected chi connectivity index (χ1v) is 11.6. The summed E-state index contributed by atoms with van der Waals surface area (Å²) >= 11 is 11.9. The summed E-state index contributed by atoms with van der Waals surface area (Å²) in [6, 6.07) is 18.8. The molecule has 0 unspecified atom stereocenters. The summed E-state index contributed by atoms with van der Waals surface area (Å²) in [6.45, 7) is 2.07. The Labute approximate surface area is 186 Å². The third-order valence-electron chi connectivity index (χ3n) is 4.35. The average molecular weight is 463 g/mol. The molecule has 156 valence electrons. The molecule has 0 bridgehead atoms. The summed E-state index contributed by atoms with van der Waals surface area (Å²) in [4.78, 5) is 12.5. The predicted molar refractivity (Wildman–Crippen MR) is 123 cm³/mol. The number of carbonyl (C=O) groups is 1. The van der Waals surface area contributed by atoms with Gasteiger partial charge < -0.3 is 5.32 Å². The highest BCUT2D eigenvalue weighted by Crippen LogP contribution is 2.24. The van der Waals surface area contributed by atoms with E-state index in [-0.39, 0.29) is 12.5 Å². The topological polar surface area (TPSA) is 66.5 Å². The lowest BCUT2D eigenvalue weighted by atomic mass is 10.1. The lowest BCUT2D eigenvalue weighted by Gasteiger charge is -2.23. The number of hydrogen-bond donors (Lipinski definition) is 1. The number of carbonyl (C=O) groups excluding carboxylic acids is 1. The molecule has 0 aliphatic heterocycles. The van der Waals surface area contributed by atoms with Gasteiger partial charge >= 0.3 is 0 Å². The molecule has 0 spiro atoms. The minimum absolute atomic E-state index is 0.161. The molecule has 1 N–H and O–H groups in total. The van der Waals surface area contributed by atoms with E-state index in [1.807, 2.05) is 25.1 Å². The van der Waals surface area contributed by atoms with Gasteiger partial charge in [0.1, 0.15) is 0 Å². The maximum atomic E-state index is 12.5. The van der Waals surface area contributed by atoms with E-state index in [0.29, 0.717) is 27.0 Å². The van der Waals surface area contributed by atoms with Crippen LogP contribution in [0.4, 0.5) is 11.4 Å². The lowest BCUT2D eigenvalue weighted by Crippen LogP contribution is -2.29. The minimum Gasteiger partial charge on any atom is -0.322 e. The second-order valence-electron chi connectivity index (χ2n) is 6.92. The number of nitrogens with one attached hydrogen (secondary N) is 1. The molecule has 0 saturated heterocycles. The van der Waals surface area contributed by atoms with Crippen molar-refractivity contribution in [2.75, 3.05) is 15.9 Å². The van der Waals surface area contributed by atoms with Gasteiger partial charge in [0.15, 0.2) is 0 Å². The van der Waals surface area contributed by atoms with E-state index < -0.39 is 10.0 Å².